The fraction of sp³-hybridized carbons (Fsp3) is 1.00. The predicted octanol–water partition coefficient (Wildman–Crippen LogP) is 2.37. The number of rotatable bonds is 10. The Kier molecular flexibility index (Phi) is 7.23. The van der Waals surface area contributed by atoms with Crippen LogP contribution < -0.4 is 0 Å². The molecule has 0 aliphatic carbocycles. The van der Waals surface area contributed by atoms with Crippen molar-refractivity contribution in [3.63, 3.8) is 0 Å². The first-order valence-corrected chi connectivity index (χ1v) is 7.43. The minimum Gasteiger partial charge on any atom is -0.371 e. The second-order valence-electron chi connectivity index (χ2n) is 3.99. The second-order valence-corrected chi connectivity index (χ2v) is 5.25. The Balaban J connectivity index is 2.12. The zero-order valence-electron chi connectivity index (χ0n) is 10.5. The Labute approximate surface area is 100 Å². The molecule has 0 aromatic heterocycles. The van der Waals surface area contributed by atoms with E-state index in [4.69, 9.17) is 18.0 Å². The van der Waals surface area contributed by atoms with E-state index in [2.05, 4.69) is 13.8 Å². The smallest absolute Gasteiger partial charge is 0.371 e. The molecule has 95 valence electrons. The van der Waals surface area contributed by atoms with Crippen molar-refractivity contribution in [2.45, 2.75) is 58.8 Å². The molecular formula is C11H23O4Si. The molecule has 1 saturated heterocycles. The molecule has 2 unspecified atom stereocenters. The highest BCUT2D eigenvalue weighted by Gasteiger charge is 2.33. The van der Waals surface area contributed by atoms with Crippen LogP contribution in [0, 0.1) is 0 Å². The quantitative estimate of drug-likeness (QED) is 0.337. The van der Waals surface area contributed by atoms with Crippen molar-refractivity contribution in [3.8, 4) is 0 Å². The molecule has 16 heavy (non-hydrogen) atoms. The summed E-state index contributed by atoms with van der Waals surface area (Å²) in [4.78, 5) is 0. The Bertz CT molecular complexity index is 175. The van der Waals surface area contributed by atoms with Crippen molar-refractivity contribution in [3.05, 3.63) is 0 Å². The lowest BCUT2D eigenvalue weighted by atomic mass is 10.1. The average molecular weight is 247 g/mol. The van der Waals surface area contributed by atoms with E-state index in [0.29, 0.717) is 13.2 Å². The first-order chi connectivity index (χ1) is 7.76. The van der Waals surface area contributed by atoms with Crippen LogP contribution in [-0.4, -0.2) is 35.1 Å². The molecule has 1 rings (SSSR count). The summed E-state index contributed by atoms with van der Waals surface area (Å²) in [5.41, 5.74) is 0. The summed E-state index contributed by atoms with van der Waals surface area (Å²) in [7, 11) is -1.59. The summed E-state index contributed by atoms with van der Waals surface area (Å²) >= 11 is 0. The van der Waals surface area contributed by atoms with Crippen LogP contribution in [0.1, 0.15) is 46.5 Å². The van der Waals surface area contributed by atoms with E-state index in [1.807, 2.05) is 6.92 Å². The molecule has 4 nitrogen and oxygen atoms in total. The molecule has 0 spiro atoms. The van der Waals surface area contributed by atoms with Gasteiger partial charge in [-0.25, -0.2) is 0 Å². The fourth-order valence-electron chi connectivity index (χ4n) is 1.33. The maximum Gasteiger partial charge on any atom is 0.580 e. The normalized spacial score (nSPS) is 21.4. The lowest BCUT2D eigenvalue weighted by Crippen LogP contribution is -2.32. The first kappa shape index (κ1) is 14.1. The Morgan fingerprint density at radius 3 is 2.69 bits per heavy atom. The molecule has 0 aromatic carbocycles. The van der Waals surface area contributed by atoms with Crippen LogP contribution in [0.2, 0.25) is 0 Å². The van der Waals surface area contributed by atoms with E-state index in [1.165, 1.54) is 19.3 Å². The number of ether oxygens (including phenoxy) is 1. The molecule has 5 heteroatoms. The maximum atomic E-state index is 5.77. The SMILES string of the molecule is CCCCCC(C)O[Si](OCC)OC1CO1. The van der Waals surface area contributed by atoms with E-state index in [1.54, 1.807) is 0 Å². The van der Waals surface area contributed by atoms with Gasteiger partial charge in [-0.15, -0.1) is 0 Å². The summed E-state index contributed by atoms with van der Waals surface area (Å²) in [5.74, 6) is 0. The third-order valence-electron chi connectivity index (χ3n) is 2.30. The molecule has 0 bridgehead atoms. The molecule has 2 atom stereocenters. The second kappa shape index (κ2) is 8.19. The van der Waals surface area contributed by atoms with Crippen LogP contribution in [0.25, 0.3) is 0 Å². The monoisotopic (exact) mass is 247 g/mol. The molecule has 0 N–H and O–H groups in total. The maximum absolute atomic E-state index is 5.77. The van der Waals surface area contributed by atoms with Crippen LogP contribution in [0.5, 0.6) is 0 Å². The van der Waals surface area contributed by atoms with Crippen LogP contribution in [0.4, 0.5) is 0 Å². The Hall–Kier alpha value is 0.0569. The lowest BCUT2D eigenvalue weighted by molar-refractivity contribution is 0.0338. The molecule has 1 heterocycles. The van der Waals surface area contributed by atoms with Gasteiger partial charge < -0.3 is 18.0 Å². The summed E-state index contributed by atoms with van der Waals surface area (Å²) in [6.45, 7) is 7.54. The van der Waals surface area contributed by atoms with Gasteiger partial charge in [-0.05, 0) is 20.3 Å². The molecule has 1 aliphatic rings. The molecule has 1 aliphatic heterocycles. The van der Waals surface area contributed by atoms with Gasteiger partial charge in [-0.2, -0.15) is 0 Å². The molecule has 0 aromatic rings. The minimum atomic E-state index is -1.59. The zero-order valence-corrected chi connectivity index (χ0v) is 11.5. The number of epoxide rings is 1. The highest BCUT2D eigenvalue weighted by molar-refractivity contribution is 6.36. The van der Waals surface area contributed by atoms with Crippen molar-refractivity contribution in [2.24, 2.45) is 0 Å². The standard InChI is InChI=1S/C11H23O4Si/c1-4-6-7-8-10(3)14-16(13-5-2)15-11-9-12-11/h10-11H,4-9H2,1-3H3. The van der Waals surface area contributed by atoms with Crippen molar-refractivity contribution in [2.75, 3.05) is 13.2 Å². The van der Waals surface area contributed by atoms with Crippen molar-refractivity contribution >= 4 is 9.53 Å². The first-order valence-electron chi connectivity index (χ1n) is 6.20. The van der Waals surface area contributed by atoms with Crippen LogP contribution >= 0.6 is 0 Å². The van der Waals surface area contributed by atoms with E-state index in [-0.39, 0.29) is 12.4 Å². The number of hydrogen-bond donors (Lipinski definition) is 0. The van der Waals surface area contributed by atoms with Gasteiger partial charge in [0.05, 0.1) is 0 Å². The Morgan fingerprint density at radius 1 is 1.38 bits per heavy atom. The third kappa shape index (κ3) is 6.60. The Morgan fingerprint density at radius 2 is 2.12 bits per heavy atom. The summed E-state index contributed by atoms with van der Waals surface area (Å²) in [6, 6.07) is 0. The number of unbranched alkanes of at least 4 members (excludes halogenated alkanes) is 2. The van der Waals surface area contributed by atoms with E-state index in [0.717, 1.165) is 6.42 Å². The molecular weight excluding hydrogens is 224 g/mol. The average Bonchev–Trinajstić information content (AvgIpc) is 3.02. The van der Waals surface area contributed by atoms with Crippen LogP contribution in [-0.2, 0) is 18.0 Å². The molecule has 1 fully saturated rings. The van der Waals surface area contributed by atoms with Gasteiger partial charge in [-0.1, -0.05) is 26.2 Å². The van der Waals surface area contributed by atoms with E-state index in [9.17, 15) is 0 Å². The molecule has 0 saturated carbocycles. The van der Waals surface area contributed by atoms with Gasteiger partial charge in [0, 0.05) is 12.7 Å². The van der Waals surface area contributed by atoms with E-state index < -0.39 is 9.53 Å². The van der Waals surface area contributed by atoms with Gasteiger partial charge in [0.1, 0.15) is 6.61 Å². The van der Waals surface area contributed by atoms with Gasteiger partial charge >= 0.3 is 9.53 Å². The topological polar surface area (TPSA) is 40.2 Å². The molecule has 1 radical (unpaired) electrons. The summed E-state index contributed by atoms with van der Waals surface area (Å²) < 4.78 is 21.7. The van der Waals surface area contributed by atoms with Gasteiger partial charge in [0.15, 0.2) is 6.29 Å². The summed E-state index contributed by atoms with van der Waals surface area (Å²) in [5, 5.41) is 0. The molecule has 0 amide bonds. The van der Waals surface area contributed by atoms with Gasteiger partial charge in [-0.3, -0.25) is 0 Å². The van der Waals surface area contributed by atoms with Crippen molar-refractivity contribution in [1.29, 1.82) is 0 Å². The van der Waals surface area contributed by atoms with E-state index >= 15 is 0 Å². The largest absolute Gasteiger partial charge is 0.580 e. The zero-order chi connectivity index (χ0) is 11.8. The highest BCUT2D eigenvalue weighted by Crippen LogP contribution is 2.15. The van der Waals surface area contributed by atoms with Crippen LogP contribution in [0.3, 0.4) is 0 Å². The van der Waals surface area contributed by atoms with Crippen molar-refractivity contribution in [1.82, 2.24) is 0 Å². The fourth-order valence-corrected chi connectivity index (χ4v) is 2.56. The lowest BCUT2D eigenvalue weighted by Gasteiger charge is -2.18. The van der Waals surface area contributed by atoms with Crippen molar-refractivity contribution < 1.29 is 18.0 Å². The van der Waals surface area contributed by atoms with Gasteiger partial charge in [0.2, 0.25) is 0 Å². The summed E-state index contributed by atoms with van der Waals surface area (Å²) in [6.07, 6.45) is 4.91. The predicted molar refractivity (Wildman–Crippen MR) is 62.9 cm³/mol. The third-order valence-corrected chi connectivity index (χ3v) is 3.88. The highest BCUT2D eigenvalue weighted by atomic mass is 28.3. The number of hydrogen-bond acceptors (Lipinski definition) is 4. The van der Waals surface area contributed by atoms with Crippen LogP contribution in [0.15, 0.2) is 0 Å². The van der Waals surface area contributed by atoms with Gasteiger partial charge in [0.25, 0.3) is 0 Å². The minimum absolute atomic E-state index is 0.0803.